The zero-order valence-corrected chi connectivity index (χ0v) is 25.4. The highest BCUT2D eigenvalue weighted by Gasteiger charge is 2.41. The molecule has 2 aromatic rings. The first-order chi connectivity index (χ1) is 21.9. The quantitative estimate of drug-likeness (QED) is 0.153. The molecule has 0 radical (unpaired) electrons. The molecule has 0 aromatic heterocycles. The van der Waals surface area contributed by atoms with Gasteiger partial charge in [0.2, 0.25) is 18.0 Å². The summed E-state index contributed by atoms with van der Waals surface area (Å²) >= 11 is 0.387. The van der Waals surface area contributed by atoms with Crippen LogP contribution in [0.25, 0.3) is 0 Å². The average molecular weight is 694 g/mol. The maximum atomic E-state index is 14.2. The Hall–Kier alpha value is -4.19. The normalized spacial score (nSPS) is 16.9. The number of benzodiazepines with no additional fused rings is 1. The van der Waals surface area contributed by atoms with E-state index in [1.165, 1.54) is 12.1 Å². The van der Waals surface area contributed by atoms with Crippen LogP contribution in [0.3, 0.4) is 0 Å². The lowest BCUT2D eigenvalue weighted by Crippen LogP contribution is -2.48. The Morgan fingerprint density at radius 1 is 1.00 bits per heavy atom. The van der Waals surface area contributed by atoms with Crippen molar-refractivity contribution in [2.45, 2.75) is 57.2 Å². The third-order valence-corrected chi connectivity index (χ3v) is 7.92. The van der Waals surface area contributed by atoms with Gasteiger partial charge < -0.3 is 21.5 Å². The van der Waals surface area contributed by atoms with Crippen molar-refractivity contribution >= 4 is 47.0 Å². The second kappa shape index (κ2) is 15.6. The largest absolute Gasteiger partial charge is 0.480 e. The van der Waals surface area contributed by atoms with Crippen molar-refractivity contribution in [2.24, 2.45) is 22.6 Å². The molecule has 0 saturated heterocycles. The smallest absolute Gasteiger partial charge is 0.389 e. The number of nitrogens with two attached hydrogens (primary N) is 1. The van der Waals surface area contributed by atoms with Gasteiger partial charge in [-0.1, -0.05) is 30.3 Å². The first-order valence-corrected chi connectivity index (χ1v) is 14.9. The van der Waals surface area contributed by atoms with Crippen LogP contribution in [0.4, 0.5) is 36.4 Å². The highest BCUT2D eigenvalue weighted by atomic mass is 32.2. The second-order valence-electron chi connectivity index (χ2n) is 10.6. The number of carboxylic acid groups (broad SMARTS) is 1. The van der Waals surface area contributed by atoms with Crippen molar-refractivity contribution in [2.75, 3.05) is 11.1 Å². The number of halogens is 7. The van der Waals surface area contributed by atoms with Crippen LogP contribution >= 0.6 is 11.9 Å². The highest BCUT2D eigenvalue weighted by molar-refractivity contribution is 7.98. The minimum Gasteiger partial charge on any atom is -0.480 e. The number of rotatable bonds is 13. The van der Waals surface area contributed by atoms with E-state index in [0.717, 1.165) is 12.1 Å². The van der Waals surface area contributed by atoms with Gasteiger partial charge in [-0.2, -0.15) is 26.3 Å². The molecule has 10 nitrogen and oxygen atoms in total. The minimum absolute atomic E-state index is 0.0104. The third kappa shape index (κ3) is 10.9. The maximum Gasteiger partial charge on any atom is 0.389 e. The van der Waals surface area contributed by atoms with E-state index in [9.17, 15) is 49.9 Å². The molecule has 47 heavy (non-hydrogen) atoms. The number of aliphatic carboxylic acids is 1. The average Bonchev–Trinajstić information content (AvgIpc) is 3.10. The van der Waals surface area contributed by atoms with E-state index in [1.807, 2.05) is 0 Å². The lowest BCUT2D eigenvalue weighted by Gasteiger charge is -2.27. The fraction of sp³-hybridized carbons (Fsp3) is 0.414. The molecular weight excluding hydrogens is 663 g/mol. The van der Waals surface area contributed by atoms with Gasteiger partial charge in [0, 0.05) is 35.6 Å². The molecule has 1 aliphatic rings. The molecule has 3 unspecified atom stereocenters. The summed E-state index contributed by atoms with van der Waals surface area (Å²) in [5, 5.41) is 13.7. The fourth-order valence-electron chi connectivity index (χ4n) is 4.70. The number of carbonyl (C=O) groups is 4. The number of anilines is 1. The van der Waals surface area contributed by atoms with Gasteiger partial charge >= 0.3 is 18.3 Å². The summed E-state index contributed by atoms with van der Waals surface area (Å²) < 4.78 is 95.9. The molecule has 0 spiro atoms. The Labute approximate surface area is 267 Å². The summed E-state index contributed by atoms with van der Waals surface area (Å²) in [6, 6.07) is 8.36. The van der Waals surface area contributed by atoms with E-state index < -0.39 is 97.3 Å². The Morgan fingerprint density at radius 3 is 2.17 bits per heavy atom. The van der Waals surface area contributed by atoms with E-state index in [4.69, 9.17) is 10.8 Å². The predicted octanol–water partition coefficient (Wildman–Crippen LogP) is 4.46. The summed E-state index contributed by atoms with van der Waals surface area (Å²) in [5.41, 5.74) is 6.62. The number of benzene rings is 2. The van der Waals surface area contributed by atoms with Crippen LogP contribution in [0.2, 0.25) is 0 Å². The van der Waals surface area contributed by atoms with E-state index in [1.54, 1.807) is 25.1 Å². The third-order valence-electron chi connectivity index (χ3n) is 7.05. The van der Waals surface area contributed by atoms with Crippen LogP contribution in [0.5, 0.6) is 0 Å². The number of para-hydroxylation sites is 1. The number of aryl methyl sites for hydroxylation is 1. The molecule has 3 amide bonds. The van der Waals surface area contributed by atoms with Crippen molar-refractivity contribution in [1.82, 2.24) is 10.0 Å². The molecule has 0 bridgehead atoms. The van der Waals surface area contributed by atoms with Gasteiger partial charge in [0.25, 0.3) is 5.91 Å². The molecule has 1 heterocycles. The van der Waals surface area contributed by atoms with E-state index in [-0.39, 0.29) is 17.0 Å². The molecular formula is C29H30F7N5O5S. The fourth-order valence-corrected chi connectivity index (χ4v) is 5.40. The van der Waals surface area contributed by atoms with Crippen LogP contribution in [0.15, 0.2) is 47.5 Å². The van der Waals surface area contributed by atoms with Gasteiger partial charge in [-0.3, -0.25) is 23.9 Å². The van der Waals surface area contributed by atoms with Crippen molar-refractivity contribution in [1.29, 1.82) is 0 Å². The van der Waals surface area contributed by atoms with E-state index in [2.05, 4.69) is 20.3 Å². The number of alkyl halides is 6. The molecule has 6 N–H and O–H groups in total. The summed E-state index contributed by atoms with van der Waals surface area (Å²) in [4.78, 5) is 55.2. The lowest BCUT2D eigenvalue weighted by molar-refractivity contribution is -0.152. The molecule has 18 heteroatoms. The first kappa shape index (κ1) is 37.3. The van der Waals surface area contributed by atoms with Gasteiger partial charge in [0.15, 0.2) is 0 Å². The molecule has 0 fully saturated rings. The summed E-state index contributed by atoms with van der Waals surface area (Å²) in [6.07, 6.45) is -17.2. The number of nitrogens with zero attached hydrogens (tertiary/aromatic N) is 1. The van der Waals surface area contributed by atoms with E-state index in [0.29, 0.717) is 23.1 Å². The van der Waals surface area contributed by atoms with Gasteiger partial charge in [0.05, 0.1) is 17.3 Å². The number of carboxylic acids is 1. The Balaban J connectivity index is 2.01. The van der Waals surface area contributed by atoms with Gasteiger partial charge in [-0.05, 0) is 49.4 Å². The van der Waals surface area contributed by atoms with Gasteiger partial charge in [0.1, 0.15) is 11.9 Å². The van der Waals surface area contributed by atoms with Crippen LogP contribution in [0.1, 0.15) is 42.4 Å². The zero-order chi connectivity index (χ0) is 35.1. The SMILES string of the molecule is Cc1cccc2c1NC(=O)[C@@H](NC(=O)C(CCC(F)(F)F)C(CCC(F)(F)F)C(=O)NSCC(N)C(=O)O)N=C2c1cccc(F)c1. The molecule has 4 atom stereocenters. The Bertz CT molecular complexity index is 1520. The number of fused-ring (bicyclic) bond motifs is 1. The predicted molar refractivity (Wildman–Crippen MR) is 158 cm³/mol. The van der Waals surface area contributed by atoms with Gasteiger partial charge in [-0.15, -0.1) is 0 Å². The number of nitrogens with one attached hydrogen (secondary N) is 3. The maximum absolute atomic E-state index is 14.2. The first-order valence-electron chi connectivity index (χ1n) is 13.9. The van der Waals surface area contributed by atoms with Crippen molar-refractivity contribution in [3.63, 3.8) is 0 Å². The van der Waals surface area contributed by atoms with E-state index >= 15 is 0 Å². The zero-order valence-electron chi connectivity index (χ0n) is 24.5. The Kier molecular flexibility index (Phi) is 12.4. The van der Waals surface area contributed by atoms with Gasteiger partial charge in [-0.25, -0.2) is 9.38 Å². The molecule has 0 aliphatic carbocycles. The van der Waals surface area contributed by atoms with Crippen molar-refractivity contribution in [3.05, 3.63) is 65.0 Å². The number of aliphatic imine (C=N–C) groups is 1. The molecule has 1 aliphatic heterocycles. The van der Waals surface area contributed by atoms with Crippen LogP contribution in [-0.4, -0.2) is 64.8 Å². The summed E-state index contributed by atoms with van der Waals surface area (Å²) in [6.45, 7) is 1.64. The molecule has 256 valence electrons. The van der Waals surface area contributed by atoms with Crippen LogP contribution in [0, 0.1) is 24.6 Å². The Morgan fingerprint density at radius 2 is 1.60 bits per heavy atom. The molecule has 2 aromatic carbocycles. The second-order valence-corrected chi connectivity index (χ2v) is 11.5. The topological polar surface area (TPSA) is 163 Å². The molecule has 0 saturated carbocycles. The summed E-state index contributed by atoms with van der Waals surface area (Å²) in [5.74, 6) is -10.3. The number of hydrogen-bond acceptors (Lipinski definition) is 7. The number of hydrogen-bond donors (Lipinski definition) is 5. The van der Waals surface area contributed by atoms with Crippen molar-refractivity contribution in [3.8, 4) is 0 Å². The highest BCUT2D eigenvalue weighted by Crippen LogP contribution is 2.34. The number of carbonyl (C=O) groups excluding carboxylic acids is 3. The number of amides is 3. The van der Waals surface area contributed by atoms with Crippen LogP contribution < -0.4 is 21.1 Å². The lowest BCUT2D eigenvalue weighted by atomic mass is 9.83. The van der Waals surface area contributed by atoms with Crippen LogP contribution in [-0.2, 0) is 19.2 Å². The van der Waals surface area contributed by atoms with Crippen molar-refractivity contribution < 1.29 is 55.0 Å². The molecule has 3 rings (SSSR count). The minimum atomic E-state index is -4.88. The standard InChI is InChI=1S/C29H30F7N5O5S/c1-14-4-2-7-19-21(14)39-26(44)23(38-22(19)15-5-3-6-16(30)12-15)40-24(42)17(8-10-28(31,32)33)18(9-11-29(34,35)36)25(43)41-47-13-20(37)27(45)46/h2-7,12,17-18,20,23H,8-11,13,37H2,1H3,(H,39,44)(H,40,42)(H,41,43)(H,45,46)/t17?,18?,20?,23-/m1/s1. The summed E-state index contributed by atoms with van der Waals surface area (Å²) in [7, 11) is 0. The monoisotopic (exact) mass is 693 g/mol.